The van der Waals surface area contributed by atoms with Gasteiger partial charge in [0, 0.05) is 41.6 Å². The van der Waals surface area contributed by atoms with Gasteiger partial charge in [0.05, 0.1) is 41.1 Å². The largest absolute Gasteiger partial charge is 0.497 e. The standard InChI is InChI=1S/C15H23NO3.C15H21NO3.HI/c2*1-10-7-11(18-3)8-14(19-4)15(10)12-5-6-16(2)9-13(12)17;/h7-8,12-13,17H,5-6,9H2,1-4H3;7-8,12H,5-6,9H2,1-4H3;1H/t12-,13+;12-;/m00./s1. The van der Waals surface area contributed by atoms with Crippen LogP contribution >= 0.6 is 24.0 Å². The number of nitrogens with zero attached hydrogens (tertiary/aromatic N) is 2. The van der Waals surface area contributed by atoms with E-state index in [1.807, 2.05) is 52.2 Å². The van der Waals surface area contributed by atoms with Gasteiger partial charge in [-0.05, 0) is 77.1 Å². The summed E-state index contributed by atoms with van der Waals surface area (Å²) in [6.07, 6.45) is 1.44. The van der Waals surface area contributed by atoms with E-state index in [4.69, 9.17) is 18.9 Å². The minimum absolute atomic E-state index is 0. The Morgan fingerprint density at radius 3 is 1.77 bits per heavy atom. The van der Waals surface area contributed by atoms with Crippen molar-refractivity contribution in [1.29, 1.82) is 0 Å². The number of hydrogen-bond donors (Lipinski definition) is 1. The van der Waals surface area contributed by atoms with Crippen LogP contribution in [0.25, 0.3) is 0 Å². The third-order valence-corrected chi connectivity index (χ3v) is 7.67. The van der Waals surface area contributed by atoms with E-state index >= 15 is 0 Å². The molecule has 0 unspecified atom stereocenters. The molecule has 0 aliphatic carbocycles. The summed E-state index contributed by atoms with van der Waals surface area (Å²) in [4.78, 5) is 16.5. The number of carbonyl (C=O) groups excluding carboxylic acids is 1. The first-order valence-electron chi connectivity index (χ1n) is 13.2. The fraction of sp³-hybridized carbons (Fsp3) is 0.567. The second kappa shape index (κ2) is 15.1. The van der Waals surface area contributed by atoms with Gasteiger partial charge in [0.2, 0.25) is 0 Å². The average molecular weight is 657 g/mol. The first-order chi connectivity index (χ1) is 18.1. The Morgan fingerprint density at radius 1 is 0.769 bits per heavy atom. The molecule has 2 aliphatic rings. The number of aliphatic hydroxyl groups is 1. The molecule has 2 saturated heterocycles. The van der Waals surface area contributed by atoms with Gasteiger partial charge in [-0.1, -0.05) is 0 Å². The van der Waals surface area contributed by atoms with Crippen molar-refractivity contribution in [3.8, 4) is 23.0 Å². The summed E-state index contributed by atoms with van der Waals surface area (Å²) >= 11 is 0. The maximum atomic E-state index is 12.3. The number of rotatable bonds is 6. The summed E-state index contributed by atoms with van der Waals surface area (Å²) in [7, 11) is 10.6. The molecule has 2 heterocycles. The fourth-order valence-electron chi connectivity index (χ4n) is 5.66. The van der Waals surface area contributed by atoms with Crippen molar-refractivity contribution in [3.63, 3.8) is 0 Å². The number of methoxy groups -OCH3 is 4. The number of ether oxygens (including phenoxy) is 4. The Balaban J connectivity index is 0.000000267. The zero-order chi connectivity index (χ0) is 28.0. The van der Waals surface area contributed by atoms with Crippen molar-refractivity contribution < 1.29 is 28.8 Å². The quantitative estimate of drug-likeness (QED) is 0.459. The first-order valence-corrected chi connectivity index (χ1v) is 13.2. The third-order valence-electron chi connectivity index (χ3n) is 7.67. The minimum atomic E-state index is -0.347. The molecule has 0 aromatic heterocycles. The number of carbonyl (C=O) groups is 1. The van der Waals surface area contributed by atoms with Crippen LogP contribution in [0.15, 0.2) is 24.3 Å². The number of aliphatic hydroxyl groups excluding tert-OH is 1. The lowest BCUT2D eigenvalue weighted by molar-refractivity contribution is -0.123. The number of aryl methyl sites for hydroxylation is 2. The lowest BCUT2D eigenvalue weighted by Gasteiger charge is -2.35. The van der Waals surface area contributed by atoms with Crippen molar-refractivity contribution in [2.24, 2.45) is 0 Å². The Bertz CT molecular complexity index is 1110. The van der Waals surface area contributed by atoms with E-state index in [0.29, 0.717) is 13.1 Å². The highest BCUT2D eigenvalue weighted by molar-refractivity contribution is 14.0. The maximum absolute atomic E-state index is 12.3. The fourth-order valence-corrected chi connectivity index (χ4v) is 5.66. The predicted octanol–water partition coefficient (Wildman–Crippen LogP) is 4.41. The van der Waals surface area contributed by atoms with Crippen LogP contribution in [0.1, 0.15) is 46.9 Å². The van der Waals surface area contributed by atoms with Crippen LogP contribution in [0.2, 0.25) is 0 Å². The SMILES string of the molecule is COc1cc(C)c([C@H]2CCN(C)CC2=O)c(OC)c1.COc1cc(C)c([C@H]2CCN(C)C[C@H]2O)c(OC)c1.I. The van der Waals surface area contributed by atoms with E-state index in [2.05, 4.69) is 9.80 Å². The number of Topliss-reactive ketones (excluding diaryl/α,β-unsaturated/α-hetero) is 1. The van der Waals surface area contributed by atoms with Crippen molar-refractivity contribution in [2.75, 3.05) is 68.7 Å². The van der Waals surface area contributed by atoms with Gasteiger partial charge < -0.3 is 29.0 Å². The second-order valence-electron chi connectivity index (χ2n) is 10.4. The molecule has 3 atom stereocenters. The molecule has 1 N–H and O–H groups in total. The lowest BCUT2D eigenvalue weighted by Crippen LogP contribution is -2.40. The molecular formula is C30H45IN2O6. The highest BCUT2D eigenvalue weighted by Gasteiger charge is 2.31. The summed E-state index contributed by atoms with van der Waals surface area (Å²) in [6, 6.07) is 7.72. The molecule has 218 valence electrons. The molecule has 39 heavy (non-hydrogen) atoms. The van der Waals surface area contributed by atoms with Gasteiger partial charge in [-0.3, -0.25) is 9.69 Å². The molecule has 0 radical (unpaired) electrons. The van der Waals surface area contributed by atoms with Crippen molar-refractivity contribution in [2.45, 2.75) is 44.6 Å². The Hall–Kier alpha value is -2.08. The normalized spacial score (nSPS) is 21.8. The topological polar surface area (TPSA) is 80.7 Å². The molecule has 0 amide bonds. The maximum Gasteiger partial charge on any atom is 0.154 e. The van der Waals surface area contributed by atoms with Gasteiger partial charge in [-0.25, -0.2) is 0 Å². The summed E-state index contributed by atoms with van der Waals surface area (Å²) in [5.41, 5.74) is 4.30. The molecule has 0 bridgehead atoms. The highest BCUT2D eigenvalue weighted by Crippen LogP contribution is 2.39. The van der Waals surface area contributed by atoms with Gasteiger partial charge in [-0.2, -0.15) is 0 Å². The smallest absolute Gasteiger partial charge is 0.154 e. The van der Waals surface area contributed by atoms with Crippen LogP contribution in [0.3, 0.4) is 0 Å². The van der Waals surface area contributed by atoms with Gasteiger partial charge in [0.1, 0.15) is 23.0 Å². The van der Waals surface area contributed by atoms with Crippen molar-refractivity contribution in [3.05, 3.63) is 46.5 Å². The Labute approximate surface area is 250 Å². The number of likely N-dealkylation sites (N-methyl/N-ethyl adjacent to an activating group) is 2. The van der Waals surface area contributed by atoms with E-state index in [0.717, 1.165) is 71.2 Å². The molecule has 2 aromatic carbocycles. The minimum Gasteiger partial charge on any atom is -0.497 e. The van der Waals surface area contributed by atoms with Crippen LogP contribution in [0.5, 0.6) is 23.0 Å². The monoisotopic (exact) mass is 656 g/mol. The van der Waals surface area contributed by atoms with Crippen LogP contribution in [0.4, 0.5) is 0 Å². The van der Waals surface area contributed by atoms with E-state index in [-0.39, 0.29) is 47.7 Å². The summed E-state index contributed by atoms with van der Waals surface area (Å²) in [6.45, 7) is 7.21. The summed E-state index contributed by atoms with van der Waals surface area (Å²) < 4.78 is 21.5. The zero-order valence-corrected chi connectivity index (χ0v) is 26.9. The number of hydrogen-bond acceptors (Lipinski definition) is 8. The Kier molecular flexibility index (Phi) is 12.8. The molecule has 0 spiro atoms. The number of β-amino-alcohol motifs (C(OH)–C–C–N with tert-alkyl or cyclic N) is 1. The second-order valence-corrected chi connectivity index (χ2v) is 10.4. The van der Waals surface area contributed by atoms with E-state index in [1.165, 1.54) is 0 Å². The molecule has 8 nitrogen and oxygen atoms in total. The first kappa shape index (κ1) is 33.1. The number of piperidine rings is 2. The number of likely N-dealkylation sites (tertiary alicyclic amines) is 2. The number of ketones is 1. The third kappa shape index (κ3) is 7.99. The van der Waals surface area contributed by atoms with Gasteiger partial charge in [0.15, 0.2) is 5.78 Å². The molecule has 9 heteroatoms. The lowest BCUT2D eigenvalue weighted by atomic mass is 9.84. The summed E-state index contributed by atoms with van der Waals surface area (Å²) in [5, 5.41) is 10.3. The molecule has 2 fully saturated rings. The number of benzene rings is 2. The van der Waals surface area contributed by atoms with Crippen molar-refractivity contribution >= 4 is 29.8 Å². The highest BCUT2D eigenvalue weighted by atomic mass is 127. The molecular weight excluding hydrogens is 611 g/mol. The predicted molar refractivity (Wildman–Crippen MR) is 165 cm³/mol. The van der Waals surface area contributed by atoms with Gasteiger partial charge >= 0.3 is 0 Å². The zero-order valence-electron chi connectivity index (χ0n) is 24.6. The van der Waals surface area contributed by atoms with Crippen LogP contribution in [-0.4, -0.2) is 95.5 Å². The Morgan fingerprint density at radius 2 is 1.28 bits per heavy atom. The van der Waals surface area contributed by atoms with Crippen LogP contribution < -0.4 is 18.9 Å². The molecule has 0 saturated carbocycles. The van der Waals surface area contributed by atoms with E-state index in [9.17, 15) is 9.90 Å². The molecule has 2 aliphatic heterocycles. The molecule has 4 rings (SSSR count). The van der Waals surface area contributed by atoms with Gasteiger partial charge in [0.25, 0.3) is 0 Å². The van der Waals surface area contributed by atoms with E-state index in [1.54, 1.807) is 28.4 Å². The van der Waals surface area contributed by atoms with E-state index < -0.39 is 0 Å². The van der Waals surface area contributed by atoms with Crippen LogP contribution in [0, 0.1) is 13.8 Å². The van der Waals surface area contributed by atoms with Crippen LogP contribution in [-0.2, 0) is 4.79 Å². The summed E-state index contributed by atoms with van der Waals surface area (Å²) in [5.74, 6) is 3.46. The number of halogens is 1. The van der Waals surface area contributed by atoms with Gasteiger partial charge in [-0.15, -0.1) is 24.0 Å². The van der Waals surface area contributed by atoms with Crippen molar-refractivity contribution in [1.82, 2.24) is 9.80 Å². The molecule has 2 aromatic rings. The average Bonchev–Trinajstić information content (AvgIpc) is 2.89.